The van der Waals surface area contributed by atoms with E-state index in [4.69, 9.17) is 0 Å². The fourth-order valence-electron chi connectivity index (χ4n) is 3.70. The van der Waals surface area contributed by atoms with Gasteiger partial charge in [0.1, 0.15) is 18.5 Å². The van der Waals surface area contributed by atoms with Crippen molar-refractivity contribution < 1.29 is 9.59 Å². The molecule has 0 radical (unpaired) electrons. The van der Waals surface area contributed by atoms with Crippen molar-refractivity contribution in [2.24, 2.45) is 5.92 Å². The van der Waals surface area contributed by atoms with E-state index in [0.717, 1.165) is 40.8 Å². The Balaban J connectivity index is 1.53. The van der Waals surface area contributed by atoms with Gasteiger partial charge in [-0.1, -0.05) is 12.1 Å². The van der Waals surface area contributed by atoms with Gasteiger partial charge in [0.05, 0.1) is 5.56 Å². The molecule has 2 aliphatic rings. The number of carbonyl (C=O) groups excluding carboxylic acids is 2. The minimum Gasteiger partial charge on any atom is -0.355 e. The van der Waals surface area contributed by atoms with E-state index in [1.54, 1.807) is 19.7 Å². The first-order valence-corrected chi connectivity index (χ1v) is 9.85. The fourth-order valence-corrected chi connectivity index (χ4v) is 3.70. The summed E-state index contributed by atoms with van der Waals surface area (Å²) in [4.78, 5) is 29.1. The molecule has 2 aliphatic carbocycles. The number of pyridine rings is 1. The topological polar surface area (TPSA) is 102 Å². The number of rotatable bonds is 5. The van der Waals surface area contributed by atoms with Crippen LogP contribution >= 0.6 is 0 Å². The molecule has 30 heavy (non-hydrogen) atoms. The van der Waals surface area contributed by atoms with E-state index in [9.17, 15) is 9.59 Å². The molecule has 0 unspecified atom stereocenters. The number of nitrogens with one attached hydrogen (secondary N) is 2. The minimum atomic E-state index is -0.199. The van der Waals surface area contributed by atoms with E-state index >= 15 is 0 Å². The Morgan fingerprint density at radius 2 is 1.97 bits per heavy atom. The van der Waals surface area contributed by atoms with Gasteiger partial charge in [-0.2, -0.15) is 0 Å². The van der Waals surface area contributed by atoms with Gasteiger partial charge in [0.2, 0.25) is 5.91 Å². The van der Waals surface area contributed by atoms with E-state index in [1.165, 1.54) is 6.20 Å². The van der Waals surface area contributed by atoms with Crippen molar-refractivity contribution in [1.82, 2.24) is 25.1 Å². The molecule has 0 saturated heterocycles. The summed E-state index contributed by atoms with van der Waals surface area (Å²) >= 11 is 0. The molecule has 8 nitrogen and oxygen atoms in total. The minimum absolute atomic E-state index is 0.000415. The second kappa shape index (κ2) is 7.22. The predicted octanol–water partition coefficient (Wildman–Crippen LogP) is 2.47. The summed E-state index contributed by atoms with van der Waals surface area (Å²) < 4.78 is 1.84. The molecule has 2 N–H and O–H groups in total. The zero-order valence-corrected chi connectivity index (χ0v) is 16.4. The third-order valence-corrected chi connectivity index (χ3v) is 5.50. The Kier molecular flexibility index (Phi) is 4.39. The molecule has 2 heterocycles. The van der Waals surface area contributed by atoms with Crippen molar-refractivity contribution in [3.63, 3.8) is 0 Å². The largest absolute Gasteiger partial charge is 0.355 e. The molecule has 0 bridgehead atoms. The Morgan fingerprint density at radius 3 is 2.70 bits per heavy atom. The lowest BCUT2D eigenvalue weighted by Gasteiger charge is -2.12. The third-order valence-electron chi connectivity index (χ3n) is 5.50. The van der Waals surface area contributed by atoms with Crippen LogP contribution < -0.4 is 10.6 Å². The molecule has 1 fully saturated rings. The van der Waals surface area contributed by atoms with E-state index < -0.39 is 0 Å². The molecule has 0 atom stereocenters. The number of nitrogens with zero attached hydrogens (tertiary/aromatic N) is 4. The smallest absolute Gasteiger partial charge is 0.253 e. The lowest BCUT2D eigenvalue weighted by molar-refractivity contribution is -0.117. The standard InChI is InChI=1S/C22H20N6O2/c1-23-22(30)19-10-24-20(27-21(29)13-5-6-13)18-9-15(8-17(18)19)14-3-2-4-16(7-14)28-11-25-26-12-28/h2-4,7-8,10-13H,5-6,9H2,1H3,(H,23,30)(H,24,27,29). The molecule has 1 aromatic carbocycles. The first-order chi connectivity index (χ1) is 14.6. The van der Waals surface area contributed by atoms with Crippen molar-refractivity contribution >= 4 is 29.3 Å². The lowest BCUT2D eigenvalue weighted by atomic mass is 10.0. The van der Waals surface area contributed by atoms with Crippen LogP contribution in [0.1, 0.15) is 39.9 Å². The highest BCUT2D eigenvalue weighted by Crippen LogP contribution is 2.38. The number of hydrogen-bond donors (Lipinski definition) is 2. The van der Waals surface area contributed by atoms with Gasteiger partial charge in [-0.3, -0.25) is 14.2 Å². The average Bonchev–Trinajstić information content (AvgIpc) is 3.29. The van der Waals surface area contributed by atoms with Gasteiger partial charge in [-0.05, 0) is 47.8 Å². The van der Waals surface area contributed by atoms with E-state index in [0.29, 0.717) is 17.8 Å². The quantitative estimate of drug-likeness (QED) is 0.685. The Labute approximate surface area is 173 Å². The highest BCUT2D eigenvalue weighted by Gasteiger charge is 2.31. The van der Waals surface area contributed by atoms with Crippen molar-refractivity contribution in [3.05, 3.63) is 65.4 Å². The molecule has 2 aromatic heterocycles. The Hall–Kier alpha value is -3.81. The maximum atomic E-state index is 12.4. The van der Waals surface area contributed by atoms with Gasteiger partial charge in [0.25, 0.3) is 5.91 Å². The number of hydrogen-bond acceptors (Lipinski definition) is 5. The van der Waals surface area contributed by atoms with Gasteiger partial charge < -0.3 is 10.6 Å². The lowest BCUT2D eigenvalue weighted by Crippen LogP contribution is -2.21. The molecular weight excluding hydrogens is 380 g/mol. The van der Waals surface area contributed by atoms with Gasteiger partial charge in [-0.15, -0.1) is 10.2 Å². The summed E-state index contributed by atoms with van der Waals surface area (Å²) in [6, 6.07) is 8.04. The normalized spacial score (nSPS) is 14.8. The Morgan fingerprint density at radius 1 is 1.17 bits per heavy atom. The number of carbonyl (C=O) groups is 2. The number of benzene rings is 1. The number of allylic oxidation sites excluding steroid dienone is 1. The Bertz CT molecular complexity index is 1180. The van der Waals surface area contributed by atoms with Crippen molar-refractivity contribution in [2.75, 3.05) is 12.4 Å². The van der Waals surface area contributed by atoms with Crippen LogP contribution in [0.25, 0.3) is 17.3 Å². The number of anilines is 1. The summed E-state index contributed by atoms with van der Waals surface area (Å²) in [7, 11) is 1.60. The number of amides is 2. The van der Waals surface area contributed by atoms with Gasteiger partial charge in [-0.25, -0.2) is 4.98 Å². The predicted molar refractivity (Wildman–Crippen MR) is 112 cm³/mol. The van der Waals surface area contributed by atoms with Crippen LogP contribution in [0.5, 0.6) is 0 Å². The number of aromatic nitrogens is 4. The summed E-state index contributed by atoms with van der Waals surface area (Å²) in [6.45, 7) is 0. The SMILES string of the molecule is CNC(=O)c1cnc(NC(=O)C2CC2)c2c1C=C(c1cccc(-n3cnnc3)c1)C2. The maximum Gasteiger partial charge on any atom is 0.253 e. The summed E-state index contributed by atoms with van der Waals surface area (Å²) in [5, 5.41) is 13.4. The van der Waals surface area contributed by atoms with E-state index in [1.807, 2.05) is 28.8 Å². The van der Waals surface area contributed by atoms with Crippen molar-refractivity contribution in [1.29, 1.82) is 0 Å². The van der Waals surface area contributed by atoms with Crippen LogP contribution in [0.3, 0.4) is 0 Å². The molecular formula is C22H20N6O2. The fraction of sp³-hybridized carbons (Fsp3) is 0.227. The molecule has 5 rings (SSSR count). The van der Waals surface area contributed by atoms with E-state index in [2.05, 4.69) is 31.9 Å². The average molecular weight is 400 g/mol. The summed E-state index contributed by atoms with van der Waals surface area (Å²) in [5.74, 6) is 0.418. The van der Waals surface area contributed by atoms with Crippen LogP contribution in [0.4, 0.5) is 5.82 Å². The van der Waals surface area contributed by atoms with Crippen LogP contribution in [0.2, 0.25) is 0 Å². The van der Waals surface area contributed by atoms with Crippen molar-refractivity contribution in [3.8, 4) is 5.69 Å². The first kappa shape index (κ1) is 18.2. The first-order valence-electron chi connectivity index (χ1n) is 9.85. The van der Waals surface area contributed by atoms with Crippen LogP contribution in [-0.4, -0.2) is 38.6 Å². The van der Waals surface area contributed by atoms with Crippen LogP contribution in [-0.2, 0) is 11.2 Å². The zero-order valence-electron chi connectivity index (χ0n) is 16.4. The third kappa shape index (κ3) is 3.26. The van der Waals surface area contributed by atoms with E-state index in [-0.39, 0.29) is 17.7 Å². The highest BCUT2D eigenvalue weighted by molar-refractivity contribution is 6.04. The molecule has 2 amide bonds. The monoisotopic (exact) mass is 400 g/mol. The molecule has 0 spiro atoms. The molecule has 3 aromatic rings. The van der Waals surface area contributed by atoms with Crippen LogP contribution in [0.15, 0.2) is 43.1 Å². The van der Waals surface area contributed by atoms with Crippen LogP contribution in [0, 0.1) is 5.92 Å². The summed E-state index contributed by atoms with van der Waals surface area (Å²) in [5.41, 5.74) is 5.21. The zero-order chi connectivity index (χ0) is 20.7. The van der Waals surface area contributed by atoms with Gasteiger partial charge >= 0.3 is 0 Å². The van der Waals surface area contributed by atoms with Gasteiger partial charge in [0, 0.05) is 36.8 Å². The molecule has 150 valence electrons. The van der Waals surface area contributed by atoms with Gasteiger partial charge in [0.15, 0.2) is 0 Å². The molecule has 8 heteroatoms. The molecule has 0 aliphatic heterocycles. The number of fused-ring (bicyclic) bond motifs is 1. The summed E-state index contributed by atoms with van der Waals surface area (Å²) in [6.07, 6.45) is 9.27. The second-order valence-corrected chi connectivity index (χ2v) is 7.52. The maximum absolute atomic E-state index is 12.4. The second-order valence-electron chi connectivity index (χ2n) is 7.52. The highest BCUT2D eigenvalue weighted by atomic mass is 16.2. The molecule has 1 saturated carbocycles. The van der Waals surface area contributed by atoms with Crippen molar-refractivity contribution in [2.45, 2.75) is 19.3 Å².